The fraction of sp³-hybridized carbons (Fsp3) is 0.524. The smallest absolute Gasteiger partial charge is 0.222 e. The van der Waals surface area contributed by atoms with E-state index in [0.29, 0.717) is 18.2 Å². The Morgan fingerprint density at radius 3 is 2.79 bits per heavy atom. The van der Waals surface area contributed by atoms with Gasteiger partial charge in [-0.3, -0.25) is 0 Å². The minimum atomic E-state index is -0.0368. The lowest BCUT2D eigenvalue weighted by molar-refractivity contribution is -0.0924. The predicted molar refractivity (Wildman–Crippen MR) is 116 cm³/mol. The number of rotatable bonds is 5. The molecule has 0 unspecified atom stereocenters. The molecule has 8 heteroatoms. The van der Waals surface area contributed by atoms with Gasteiger partial charge in [0.2, 0.25) is 5.95 Å². The molecule has 1 aromatic heterocycles. The molecule has 0 aliphatic carbocycles. The highest BCUT2D eigenvalue weighted by Crippen LogP contribution is 2.35. The zero-order valence-corrected chi connectivity index (χ0v) is 17.7. The Balaban J connectivity index is 1.58. The summed E-state index contributed by atoms with van der Waals surface area (Å²) in [6.07, 6.45) is 0.914. The summed E-state index contributed by atoms with van der Waals surface area (Å²) in [6.45, 7) is 8.66. The van der Waals surface area contributed by atoms with Crippen molar-refractivity contribution in [2.45, 2.75) is 26.3 Å². The number of hydrogen-bond donors (Lipinski definition) is 2. The van der Waals surface area contributed by atoms with E-state index in [4.69, 9.17) is 26.8 Å². The molecule has 1 aromatic carbocycles. The van der Waals surface area contributed by atoms with Crippen LogP contribution in [0.5, 0.6) is 0 Å². The van der Waals surface area contributed by atoms with Crippen molar-refractivity contribution in [2.24, 2.45) is 5.41 Å². The van der Waals surface area contributed by atoms with Gasteiger partial charge in [-0.1, -0.05) is 24.6 Å². The van der Waals surface area contributed by atoms with Crippen molar-refractivity contribution in [2.75, 3.05) is 55.5 Å². The summed E-state index contributed by atoms with van der Waals surface area (Å²) in [4.78, 5) is 10.9. The molecule has 2 aliphatic heterocycles. The third-order valence-electron chi connectivity index (χ3n) is 5.47. The Morgan fingerprint density at radius 2 is 2.10 bits per heavy atom. The van der Waals surface area contributed by atoms with Crippen LogP contribution in [-0.2, 0) is 9.47 Å². The quantitative estimate of drug-likeness (QED) is 0.770. The van der Waals surface area contributed by atoms with E-state index in [9.17, 15) is 0 Å². The number of halogens is 1. The topological polar surface area (TPSA) is 85.5 Å². The summed E-state index contributed by atoms with van der Waals surface area (Å²) >= 11 is 6.72. The fourth-order valence-electron chi connectivity index (χ4n) is 3.81. The molecule has 0 radical (unpaired) electrons. The first kappa shape index (κ1) is 20.2. The third-order valence-corrected chi connectivity index (χ3v) is 5.80. The second-order valence-electron chi connectivity index (χ2n) is 8.26. The van der Waals surface area contributed by atoms with E-state index in [2.05, 4.69) is 39.2 Å². The van der Waals surface area contributed by atoms with Crippen molar-refractivity contribution < 1.29 is 9.47 Å². The molecule has 0 saturated carbocycles. The highest BCUT2D eigenvalue weighted by atomic mass is 35.5. The van der Waals surface area contributed by atoms with Gasteiger partial charge in [0.05, 0.1) is 25.9 Å². The van der Waals surface area contributed by atoms with Crippen molar-refractivity contribution >= 4 is 29.1 Å². The lowest BCUT2D eigenvalue weighted by atomic mass is 9.88. The maximum Gasteiger partial charge on any atom is 0.222 e. The summed E-state index contributed by atoms with van der Waals surface area (Å²) in [5.74, 6) is 1.09. The first-order valence-corrected chi connectivity index (χ1v) is 10.4. The monoisotopic (exact) mass is 417 g/mol. The van der Waals surface area contributed by atoms with Gasteiger partial charge in [-0.15, -0.1) is 0 Å². The van der Waals surface area contributed by atoms with Crippen molar-refractivity contribution in [3.05, 3.63) is 40.5 Å². The van der Waals surface area contributed by atoms with Gasteiger partial charge >= 0.3 is 0 Å². The highest BCUT2D eigenvalue weighted by molar-refractivity contribution is 6.31. The van der Waals surface area contributed by atoms with Gasteiger partial charge in [0, 0.05) is 47.6 Å². The molecule has 2 saturated heterocycles. The van der Waals surface area contributed by atoms with Crippen LogP contribution >= 0.6 is 11.6 Å². The molecule has 2 fully saturated rings. The standard InChI is InChI=1S/C21H28ClN5O2/c1-14-8-19(26-20(23)25-14)27-6-3-7-28-10-18(27)16-5-4-15(9-17(16)22)24-11-21(2)12-29-13-21/h4-5,8-9,18,24H,3,6-7,10-13H2,1-2H3,(H2,23,25,26)/t18-/m1/s1. The van der Waals surface area contributed by atoms with E-state index in [1.165, 1.54) is 0 Å². The molecule has 2 aromatic rings. The summed E-state index contributed by atoms with van der Waals surface area (Å²) < 4.78 is 11.2. The number of aromatic nitrogens is 2. The van der Waals surface area contributed by atoms with Crippen LogP contribution in [-0.4, -0.2) is 49.5 Å². The maximum atomic E-state index is 6.72. The van der Waals surface area contributed by atoms with Gasteiger partial charge in [0.25, 0.3) is 0 Å². The molecule has 1 atom stereocenters. The zero-order chi connectivity index (χ0) is 20.4. The molecular weight excluding hydrogens is 390 g/mol. The van der Waals surface area contributed by atoms with Crippen LogP contribution in [0.2, 0.25) is 5.02 Å². The summed E-state index contributed by atoms with van der Waals surface area (Å²) in [5.41, 5.74) is 8.97. The van der Waals surface area contributed by atoms with Crippen LogP contribution in [0.25, 0.3) is 0 Å². The lowest BCUT2D eigenvalue weighted by Crippen LogP contribution is -2.45. The Hall–Kier alpha value is -2.09. The Bertz CT molecular complexity index is 854. The highest BCUT2D eigenvalue weighted by Gasteiger charge is 2.33. The van der Waals surface area contributed by atoms with Gasteiger partial charge in [0.15, 0.2) is 0 Å². The summed E-state index contributed by atoms with van der Waals surface area (Å²) in [5, 5.41) is 4.19. The van der Waals surface area contributed by atoms with Crippen molar-refractivity contribution in [3.8, 4) is 0 Å². The van der Waals surface area contributed by atoms with Crippen LogP contribution in [0.15, 0.2) is 24.3 Å². The number of hydrogen-bond acceptors (Lipinski definition) is 7. The van der Waals surface area contributed by atoms with Gasteiger partial charge < -0.3 is 25.4 Å². The number of nitrogens with one attached hydrogen (secondary N) is 1. The van der Waals surface area contributed by atoms with E-state index in [1.807, 2.05) is 19.1 Å². The number of benzene rings is 1. The van der Waals surface area contributed by atoms with Crippen LogP contribution < -0.4 is 16.0 Å². The summed E-state index contributed by atoms with van der Waals surface area (Å²) in [7, 11) is 0. The molecule has 3 heterocycles. The van der Waals surface area contributed by atoms with E-state index in [-0.39, 0.29) is 17.4 Å². The van der Waals surface area contributed by atoms with Crippen LogP contribution in [0.3, 0.4) is 0 Å². The van der Waals surface area contributed by atoms with Crippen molar-refractivity contribution in [3.63, 3.8) is 0 Å². The molecule has 0 amide bonds. The Kier molecular flexibility index (Phi) is 5.81. The number of aryl methyl sites for hydroxylation is 1. The van der Waals surface area contributed by atoms with Crippen LogP contribution in [0.4, 0.5) is 17.5 Å². The second kappa shape index (κ2) is 8.34. The third kappa shape index (κ3) is 4.57. The van der Waals surface area contributed by atoms with Crippen molar-refractivity contribution in [1.82, 2.24) is 9.97 Å². The molecule has 4 rings (SSSR count). The van der Waals surface area contributed by atoms with Gasteiger partial charge in [-0.2, -0.15) is 4.98 Å². The molecular formula is C21H28ClN5O2. The van der Waals surface area contributed by atoms with Crippen LogP contribution in [0.1, 0.15) is 30.6 Å². The molecule has 0 bridgehead atoms. The van der Waals surface area contributed by atoms with Crippen molar-refractivity contribution in [1.29, 1.82) is 0 Å². The molecule has 29 heavy (non-hydrogen) atoms. The zero-order valence-electron chi connectivity index (χ0n) is 16.9. The van der Waals surface area contributed by atoms with Gasteiger partial charge in [0.1, 0.15) is 5.82 Å². The Morgan fingerprint density at radius 1 is 1.28 bits per heavy atom. The number of nitrogens with two attached hydrogens (primary N) is 1. The minimum absolute atomic E-state index is 0.0368. The second-order valence-corrected chi connectivity index (χ2v) is 8.66. The average Bonchev–Trinajstić information content (AvgIpc) is 2.90. The maximum absolute atomic E-state index is 6.72. The van der Waals surface area contributed by atoms with Gasteiger partial charge in [-0.25, -0.2) is 4.98 Å². The summed E-state index contributed by atoms with van der Waals surface area (Å²) in [6, 6.07) is 8.06. The number of anilines is 3. The predicted octanol–water partition coefficient (Wildman–Crippen LogP) is 3.44. The van der Waals surface area contributed by atoms with Gasteiger partial charge in [-0.05, 0) is 31.0 Å². The lowest BCUT2D eigenvalue weighted by Gasteiger charge is -2.38. The molecule has 3 N–H and O–H groups in total. The number of nitrogen functional groups attached to an aromatic ring is 1. The first-order chi connectivity index (χ1) is 13.9. The minimum Gasteiger partial charge on any atom is -0.384 e. The van der Waals surface area contributed by atoms with E-state index >= 15 is 0 Å². The Labute approximate surface area is 176 Å². The van der Waals surface area contributed by atoms with E-state index < -0.39 is 0 Å². The van der Waals surface area contributed by atoms with Crippen LogP contribution in [0, 0.1) is 12.3 Å². The largest absolute Gasteiger partial charge is 0.384 e. The number of nitrogens with zero attached hydrogens (tertiary/aromatic N) is 3. The normalized spacial score (nSPS) is 21.3. The molecule has 7 nitrogen and oxygen atoms in total. The first-order valence-electron chi connectivity index (χ1n) is 10.0. The van der Waals surface area contributed by atoms with E-state index in [0.717, 1.165) is 55.5 Å². The molecule has 0 spiro atoms. The van der Waals surface area contributed by atoms with E-state index in [1.54, 1.807) is 0 Å². The fourth-order valence-corrected chi connectivity index (χ4v) is 4.11. The SMILES string of the molecule is Cc1cc(N2CCCOC[C@@H]2c2ccc(NCC3(C)COC3)cc2Cl)nc(N)n1. The molecule has 156 valence electrons. The number of ether oxygens (including phenoxy) is 2. The molecule has 2 aliphatic rings. The average molecular weight is 418 g/mol.